The molecule has 0 radical (unpaired) electrons. The second kappa shape index (κ2) is 10.2. The molecule has 3 heterocycles. The summed E-state index contributed by atoms with van der Waals surface area (Å²) in [5, 5.41) is 2.39. The van der Waals surface area contributed by atoms with Crippen LogP contribution in [0.2, 0.25) is 0 Å². The fraction of sp³-hybridized carbons (Fsp3) is 0.256. The molecule has 0 spiro atoms. The Bertz CT molecular complexity index is 2020. The van der Waals surface area contributed by atoms with Crippen molar-refractivity contribution in [1.29, 1.82) is 0 Å². The second-order valence-electron chi connectivity index (χ2n) is 14.0. The maximum atomic E-state index is 6.57. The minimum atomic E-state index is 0.0109. The quantitative estimate of drug-likeness (QED) is 0.208. The van der Waals surface area contributed by atoms with Crippen LogP contribution in [-0.4, -0.2) is 23.3 Å². The highest BCUT2D eigenvalue weighted by Crippen LogP contribution is 2.41. The summed E-state index contributed by atoms with van der Waals surface area (Å²) < 4.78 is 8.87. The zero-order chi connectivity index (χ0) is 30.8. The minimum absolute atomic E-state index is 0.0109. The predicted octanol–water partition coefficient (Wildman–Crippen LogP) is 10.1. The molecule has 0 amide bonds. The van der Waals surface area contributed by atoms with E-state index in [9.17, 15) is 0 Å². The molecule has 5 heteroatoms. The second-order valence-corrected chi connectivity index (χ2v) is 14.0. The SMILES string of the molecule is CN1CN(c2cccc(Oc3ccc4c5ccc(C(C)(C)C)cc5n(-c5cc(C(C)(C)C)ccn5)c4c3)c2)c2ccccc21. The van der Waals surface area contributed by atoms with Crippen molar-refractivity contribution in [3.8, 4) is 17.3 Å². The molecule has 222 valence electrons. The minimum Gasteiger partial charge on any atom is -0.457 e. The molecule has 44 heavy (non-hydrogen) atoms. The van der Waals surface area contributed by atoms with Gasteiger partial charge in [-0.3, -0.25) is 4.57 Å². The van der Waals surface area contributed by atoms with E-state index in [4.69, 9.17) is 9.72 Å². The molecular formula is C39H40N4O. The number of hydrogen-bond donors (Lipinski definition) is 0. The van der Waals surface area contributed by atoms with Gasteiger partial charge in [0.1, 0.15) is 17.3 Å². The third-order valence-electron chi connectivity index (χ3n) is 8.75. The van der Waals surface area contributed by atoms with Crippen LogP contribution in [0.3, 0.4) is 0 Å². The molecule has 0 aliphatic carbocycles. The number of aromatic nitrogens is 2. The first-order valence-electron chi connectivity index (χ1n) is 15.4. The summed E-state index contributed by atoms with van der Waals surface area (Å²) in [4.78, 5) is 9.48. The van der Waals surface area contributed by atoms with Crippen molar-refractivity contribution in [3.05, 3.63) is 114 Å². The first-order chi connectivity index (χ1) is 21.0. The van der Waals surface area contributed by atoms with E-state index in [-0.39, 0.29) is 10.8 Å². The van der Waals surface area contributed by atoms with E-state index >= 15 is 0 Å². The third-order valence-corrected chi connectivity index (χ3v) is 8.75. The van der Waals surface area contributed by atoms with Crippen molar-refractivity contribution < 1.29 is 4.74 Å². The van der Waals surface area contributed by atoms with Crippen molar-refractivity contribution in [2.75, 3.05) is 23.5 Å². The summed E-state index contributed by atoms with van der Waals surface area (Å²) in [6.07, 6.45) is 1.93. The van der Waals surface area contributed by atoms with Gasteiger partial charge in [0, 0.05) is 41.8 Å². The van der Waals surface area contributed by atoms with Gasteiger partial charge in [0.05, 0.1) is 29.1 Å². The van der Waals surface area contributed by atoms with E-state index in [0.717, 1.165) is 40.7 Å². The van der Waals surface area contributed by atoms with Crippen molar-refractivity contribution in [2.24, 2.45) is 0 Å². The molecule has 2 aromatic heterocycles. The van der Waals surface area contributed by atoms with E-state index < -0.39 is 0 Å². The molecule has 0 N–H and O–H groups in total. The molecule has 1 aliphatic rings. The van der Waals surface area contributed by atoms with E-state index in [1.165, 1.54) is 33.3 Å². The van der Waals surface area contributed by atoms with Gasteiger partial charge >= 0.3 is 0 Å². The van der Waals surface area contributed by atoms with Gasteiger partial charge in [-0.2, -0.15) is 0 Å². The zero-order valence-corrected chi connectivity index (χ0v) is 26.7. The highest BCUT2D eigenvalue weighted by molar-refractivity contribution is 6.09. The normalized spacial score (nSPS) is 13.6. The van der Waals surface area contributed by atoms with Gasteiger partial charge < -0.3 is 14.5 Å². The standard InChI is InChI=1S/C39H40N4O/c1-38(2,3)26-15-17-31-32-18-16-30(24-36(32)43(35(31)21-26)37-22-27(19-20-40-37)39(4,5)6)44-29-12-10-11-28(23-29)42-25-41(7)33-13-8-9-14-34(33)42/h8-24H,25H2,1-7H3. The van der Waals surface area contributed by atoms with Crippen LogP contribution in [0.4, 0.5) is 17.1 Å². The summed E-state index contributed by atoms with van der Waals surface area (Å²) >= 11 is 0. The lowest BCUT2D eigenvalue weighted by Gasteiger charge is -2.21. The number of ether oxygens (including phenoxy) is 1. The molecular weight excluding hydrogens is 540 g/mol. The number of rotatable bonds is 4. The van der Waals surface area contributed by atoms with Crippen LogP contribution in [0.15, 0.2) is 103 Å². The molecule has 0 saturated carbocycles. The number of fused-ring (bicyclic) bond motifs is 4. The van der Waals surface area contributed by atoms with Crippen LogP contribution < -0.4 is 14.5 Å². The van der Waals surface area contributed by atoms with Crippen LogP contribution >= 0.6 is 0 Å². The van der Waals surface area contributed by atoms with Gasteiger partial charge in [-0.05, 0) is 76.6 Å². The number of nitrogens with zero attached hydrogens (tertiary/aromatic N) is 4. The van der Waals surface area contributed by atoms with E-state index in [1.54, 1.807) is 0 Å². The van der Waals surface area contributed by atoms with Gasteiger partial charge in [0.2, 0.25) is 0 Å². The molecule has 5 nitrogen and oxygen atoms in total. The van der Waals surface area contributed by atoms with Gasteiger partial charge in [-0.25, -0.2) is 4.98 Å². The predicted molar refractivity (Wildman–Crippen MR) is 184 cm³/mol. The molecule has 0 atom stereocenters. The van der Waals surface area contributed by atoms with E-state index in [2.05, 4.69) is 154 Å². The molecule has 1 aliphatic heterocycles. The molecule has 4 aromatic carbocycles. The van der Waals surface area contributed by atoms with Crippen LogP contribution in [0.25, 0.3) is 27.6 Å². The molecule has 6 aromatic rings. The van der Waals surface area contributed by atoms with Crippen LogP contribution in [0.1, 0.15) is 52.7 Å². The van der Waals surface area contributed by atoms with Crippen LogP contribution in [-0.2, 0) is 10.8 Å². The highest BCUT2D eigenvalue weighted by atomic mass is 16.5. The van der Waals surface area contributed by atoms with Crippen molar-refractivity contribution >= 4 is 38.9 Å². The van der Waals surface area contributed by atoms with E-state index in [0.29, 0.717) is 0 Å². The zero-order valence-electron chi connectivity index (χ0n) is 26.7. The van der Waals surface area contributed by atoms with Crippen LogP contribution in [0, 0.1) is 0 Å². The Morgan fingerprint density at radius 1 is 0.636 bits per heavy atom. The summed E-state index contributed by atoms with van der Waals surface area (Å²) in [6, 6.07) is 34.5. The Morgan fingerprint density at radius 3 is 2.05 bits per heavy atom. The maximum Gasteiger partial charge on any atom is 0.137 e. The molecule has 0 fully saturated rings. The van der Waals surface area contributed by atoms with E-state index in [1.807, 2.05) is 12.3 Å². The number of benzene rings is 4. The fourth-order valence-corrected chi connectivity index (χ4v) is 6.23. The Hall–Kier alpha value is -4.77. The smallest absolute Gasteiger partial charge is 0.137 e. The highest BCUT2D eigenvalue weighted by Gasteiger charge is 2.25. The summed E-state index contributed by atoms with van der Waals surface area (Å²) in [5.74, 6) is 2.51. The van der Waals surface area contributed by atoms with Crippen LogP contribution in [0.5, 0.6) is 11.5 Å². The molecule has 0 bridgehead atoms. The Morgan fingerprint density at radius 2 is 1.30 bits per heavy atom. The van der Waals surface area contributed by atoms with Crippen molar-refractivity contribution in [3.63, 3.8) is 0 Å². The average molecular weight is 581 g/mol. The Labute approximate surface area is 260 Å². The average Bonchev–Trinajstić information content (AvgIpc) is 3.50. The van der Waals surface area contributed by atoms with Gasteiger partial charge in [-0.1, -0.05) is 71.9 Å². The lowest BCUT2D eigenvalue weighted by Crippen LogP contribution is -2.23. The largest absolute Gasteiger partial charge is 0.457 e. The Kier molecular flexibility index (Phi) is 6.47. The molecule has 0 unspecified atom stereocenters. The first kappa shape index (κ1) is 28.0. The first-order valence-corrected chi connectivity index (χ1v) is 15.4. The molecule has 0 saturated heterocycles. The number of hydrogen-bond acceptors (Lipinski definition) is 4. The summed E-state index contributed by atoms with van der Waals surface area (Å²) in [6.45, 7) is 14.3. The topological polar surface area (TPSA) is 33.5 Å². The van der Waals surface area contributed by atoms with Crippen molar-refractivity contribution in [2.45, 2.75) is 52.4 Å². The Balaban J connectivity index is 1.34. The van der Waals surface area contributed by atoms with Gasteiger partial charge in [0.25, 0.3) is 0 Å². The number of pyridine rings is 1. The summed E-state index contributed by atoms with van der Waals surface area (Å²) in [5.41, 5.74) is 8.36. The summed E-state index contributed by atoms with van der Waals surface area (Å²) in [7, 11) is 2.13. The number of para-hydroxylation sites is 2. The van der Waals surface area contributed by atoms with Gasteiger partial charge in [-0.15, -0.1) is 0 Å². The maximum absolute atomic E-state index is 6.57. The van der Waals surface area contributed by atoms with Crippen molar-refractivity contribution in [1.82, 2.24) is 9.55 Å². The monoisotopic (exact) mass is 580 g/mol. The lowest BCUT2D eigenvalue weighted by atomic mass is 9.86. The van der Waals surface area contributed by atoms with Gasteiger partial charge in [0.15, 0.2) is 0 Å². The number of anilines is 3. The molecule has 7 rings (SSSR count). The fourth-order valence-electron chi connectivity index (χ4n) is 6.23. The lowest BCUT2D eigenvalue weighted by molar-refractivity contribution is 0.483. The third kappa shape index (κ3) is 4.86.